The lowest BCUT2D eigenvalue weighted by Crippen LogP contribution is -2.24. The molecule has 0 aliphatic carbocycles. The Morgan fingerprint density at radius 2 is 2.00 bits per heavy atom. The normalized spacial score (nSPS) is 18.9. The van der Waals surface area contributed by atoms with Crippen molar-refractivity contribution < 1.29 is 8.42 Å². The van der Waals surface area contributed by atoms with Gasteiger partial charge in [-0.1, -0.05) is 26.0 Å². The van der Waals surface area contributed by atoms with Gasteiger partial charge in [-0.2, -0.15) is 0 Å². The summed E-state index contributed by atoms with van der Waals surface area (Å²) in [5, 5.41) is 0. The van der Waals surface area contributed by atoms with Crippen molar-refractivity contribution in [3.63, 3.8) is 0 Å². The molecule has 0 amide bonds. The Morgan fingerprint density at radius 3 is 2.70 bits per heavy atom. The van der Waals surface area contributed by atoms with Crippen LogP contribution in [0.5, 0.6) is 0 Å². The van der Waals surface area contributed by atoms with Crippen LogP contribution in [0.25, 0.3) is 0 Å². The summed E-state index contributed by atoms with van der Waals surface area (Å²) in [6.45, 7) is 4.79. The van der Waals surface area contributed by atoms with Gasteiger partial charge in [0.25, 0.3) is 10.0 Å². The molecule has 20 heavy (non-hydrogen) atoms. The number of hydrogen-bond acceptors (Lipinski definition) is 3. The van der Waals surface area contributed by atoms with Crippen molar-refractivity contribution in [1.29, 1.82) is 0 Å². The monoisotopic (exact) mass is 314 g/mol. The Bertz CT molecular complexity index is 624. The fraction of sp³-hybridized carbons (Fsp3) is 0.500. The van der Waals surface area contributed by atoms with E-state index in [9.17, 15) is 8.42 Å². The maximum Gasteiger partial charge on any atom is 0.263 e. The van der Waals surface area contributed by atoms with E-state index < -0.39 is 10.0 Å². The third kappa shape index (κ3) is 3.33. The van der Waals surface area contributed by atoms with E-state index in [1.807, 2.05) is 6.07 Å². The van der Waals surface area contributed by atoms with Gasteiger partial charge in [-0.15, -0.1) is 11.6 Å². The van der Waals surface area contributed by atoms with Gasteiger partial charge in [-0.25, -0.2) is 8.42 Å². The number of sulfonamides is 1. The number of amidine groups is 1. The molecule has 0 aromatic heterocycles. The van der Waals surface area contributed by atoms with Crippen molar-refractivity contribution in [1.82, 2.24) is 4.72 Å². The number of nitrogens with zero attached hydrogens (tertiary/aromatic N) is 1. The number of rotatable bonds is 5. The van der Waals surface area contributed by atoms with Crippen molar-refractivity contribution in [3.8, 4) is 0 Å². The lowest BCUT2D eigenvalue weighted by Gasteiger charge is -2.21. The summed E-state index contributed by atoms with van der Waals surface area (Å²) in [6, 6.07) is 6.90. The van der Waals surface area contributed by atoms with Crippen LogP contribution in [0.1, 0.15) is 32.3 Å². The number of hydrogen-bond donors (Lipinski definition) is 1. The highest BCUT2D eigenvalue weighted by atomic mass is 35.5. The number of aliphatic imine (C=N–C) groups is 1. The second-order valence-corrected chi connectivity index (χ2v) is 7.75. The smallest absolute Gasteiger partial charge is 0.263 e. The maximum atomic E-state index is 12.0. The highest BCUT2D eigenvalue weighted by molar-refractivity contribution is 7.90. The highest BCUT2D eigenvalue weighted by Gasteiger charge is 2.30. The first-order valence-electron chi connectivity index (χ1n) is 6.58. The maximum absolute atomic E-state index is 12.0. The summed E-state index contributed by atoms with van der Waals surface area (Å²) < 4.78 is 26.4. The molecule has 0 spiro atoms. The number of halogens is 1. The van der Waals surface area contributed by atoms with Gasteiger partial charge in [0.05, 0.1) is 4.90 Å². The van der Waals surface area contributed by atoms with Crippen LogP contribution in [-0.2, 0) is 10.0 Å². The topological polar surface area (TPSA) is 58.5 Å². The molecule has 1 aromatic carbocycles. The van der Waals surface area contributed by atoms with Gasteiger partial charge in [0.2, 0.25) is 0 Å². The van der Waals surface area contributed by atoms with Crippen LogP contribution in [0.2, 0.25) is 0 Å². The van der Waals surface area contributed by atoms with Gasteiger partial charge in [0, 0.05) is 18.0 Å². The average Bonchev–Trinajstić information content (AvgIpc) is 2.67. The molecule has 110 valence electrons. The average molecular weight is 315 g/mol. The van der Waals surface area contributed by atoms with Crippen molar-refractivity contribution in [2.24, 2.45) is 10.4 Å². The summed E-state index contributed by atoms with van der Waals surface area (Å²) in [5.74, 6) is 1.08. The van der Waals surface area contributed by atoms with Crippen LogP contribution in [0.15, 0.2) is 34.2 Å². The molecule has 1 N–H and O–H groups in total. The molecule has 0 saturated carbocycles. The lowest BCUT2D eigenvalue weighted by atomic mass is 9.88. The third-order valence-electron chi connectivity index (χ3n) is 3.32. The van der Waals surface area contributed by atoms with Gasteiger partial charge in [0.15, 0.2) is 0 Å². The molecule has 0 saturated heterocycles. The van der Waals surface area contributed by atoms with Crippen LogP contribution in [0, 0.1) is 5.41 Å². The molecule has 6 heteroatoms. The molecule has 0 radical (unpaired) electrons. The summed E-state index contributed by atoms with van der Waals surface area (Å²) in [6.07, 6.45) is 1.89. The van der Waals surface area contributed by atoms with Gasteiger partial charge < -0.3 is 0 Å². The Hall–Kier alpha value is -1.07. The minimum absolute atomic E-state index is 0.00483. The minimum Gasteiger partial charge on any atom is -0.267 e. The summed E-state index contributed by atoms with van der Waals surface area (Å²) >= 11 is 5.71. The molecule has 0 bridgehead atoms. The predicted molar refractivity (Wildman–Crippen MR) is 81.9 cm³/mol. The highest BCUT2D eigenvalue weighted by Crippen LogP contribution is 2.26. The van der Waals surface area contributed by atoms with Crippen molar-refractivity contribution in [3.05, 3.63) is 29.8 Å². The molecule has 0 fully saturated rings. The second kappa shape index (κ2) is 5.74. The predicted octanol–water partition coefficient (Wildman–Crippen LogP) is 2.77. The van der Waals surface area contributed by atoms with E-state index in [4.69, 9.17) is 11.6 Å². The third-order valence-corrected chi connectivity index (χ3v) is 4.98. The molecular formula is C14H19ClN2O2S. The van der Waals surface area contributed by atoms with E-state index >= 15 is 0 Å². The summed E-state index contributed by atoms with van der Waals surface area (Å²) in [4.78, 5) is 4.77. The second-order valence-electron chi connectivity index (χ2n) is 5.72. The lowest BCUT2D eigenvalue weighted by molar-refractivity contribution is 0.345. The molecule has 0 atom stereocenters. The number of nitrogens with one attached hydrogen (secondary N) is 1. The Morgan fingerprint density at radius 1 is 1.30 bits per heavy atom. The quantitative estimate of drug-likeness (QED) is 0.850. The molecule has 1 aromatic rings. The van der Waals surface area contributed by atoms with E-state index in [2.05, 4.69) is 23.6 Å². The van der Waals surface area contributed by atoms with Crippen LogP contribution >= 0.6 is 11.6 Å². The first kappa shape index (κ1) is 15.3. The van der Waals surface area contributed by atoms with Crippen LogP contribution in [0.3, 0.4) is 0 Å². The molecule has 4 nitrogen and oxygen atoms in total. The Kier molecular flexibility index (Phi) is 4.39. The fourth-order valence-electron chi connectivity index (χ4n) is 2.17. The zero-order valence-electron chi connectivity index (χ0n) is 11.7. The van der Waals surface area contributed by atoms with E-state index in [1.54, 1.807) is 18.2 Å². The zero-order chi connectivity index (χ0) is 14.8. The van der Waals surface area contributed by atoms with E-state index in [-0.39, 0.29) is 5.41 Å². The number of alkyl halides is 1. The summed E-state index contributed by atoms with van der Waals surface area (Å²) in [5.41, 5.74) is 0.658. The molecule has 1 heterocycles. The standard InChI is InChI=1S/C14H19ClN2O2S/c1-14(2,8-5-9-15)10-16-13-11-6-3-4-7-12(11)20(18,19)17-13/h3-4,6-7H,5,8-10H2,1-2H3,(H,16,17). The van der Waals surface area contributed by atoms with Crippen LogP contribution in [-0.4, -0.2) is 26.7 Å². The van der Waals surface area contributed by atoms with Crippen LogP contribution < -0.4 is 4.72 Å². The molecule has 1 aliphatic heterocycles. The van der Waals surface area contributed by atoms with Gasteiger partial charge in [-0.3, -0.25) is 9.71 Å². The molecular weight excluding hydrogens is 296 g/mol. The van der Waals surface area contributed by atoms with E-state index in [0.29, 0.717) is 28.7 Å². The largest absolute Gasteiger partial charge is 0.267 e. The van der Waals surface area contributed by atoms with Gasteiger partial charge in [0.1, 0.15) is 5.84 Å². The Labute approximate surface area is 125 Å². The SMILES string of the molecule is CC(C)(CCCCl)CN=C1NS(=O)(=O)c2ccccc21. The van der Waals surface area contributed by atoms with Crippen LogP contribution in [0.4, 0.5) is 0 Å². The molecule has 2 rings (SSSR count). The first-order valence-corrected chi connectivity index (χ1v) is 8.60. The van der Waals surface area contributed by atoms with Gasteiger partial charge >= 0.3 is 0 Å². The molecule has 0 unspecified atom stereocenters. The van der Waals surface area contributed by atoms with E-state index in [0.717, 1.165) is 12.8 Å². The summed E-state index contributed by atoms with van der Waals surface area (Å²) in [7, 11) is -3.44. The van der Waals surface area contributed by atoms with Crippen molar-refractivity contribution in [2.75, 3.05) is 12.4 Å². The first-order chi connectivity index (χ1) is 9.36. The van der Waals surface area contributed by atoms with Crippen molar-refractivity contribution >= 4 is 27.5 Å². The van der Waals surface area contributed by atoms with Crippen molar-refractivity contribution in [2.45, 2.75) is 31.6 Å². The zero-order valence-corrected chi connectivity index (χ0v) is 13.3. The molecule has 1 aliphatic rings. The fourth-order valence-corrected chi connectivity index (χ4v) is 3.55. The van der Waals surface area contributed by atoms with Gasteiger partial charge in [-0.05, 0) is 30.4 Å². The number of fused-ring (bicyclic) bond motifs is 1. The number of benzene rings is 1. The van der Waals surface area contributed by atoms with E-state index in [1.165, 1.54) is 0 Å². The minimum atomic E-state index is -3.44. The Balaban J connectivity index is 2.21.